The first kappa shape index (κ1) is 11.2. The highest BCUT2D eigenvalue weighted by Gasteiger charge is 2.46. The molecule has 0 bridgehead atoms. The van der Waals surface area contributed by atoms with Crippen LogP contribution >= 0.6 is 7.75 Å². The fourth-order valence-corrected chi connectivity index (χ4v) is 5.10. The third-order valence-electron chi connectivity index (χ3n) is 3.89. The Balaban J connectivity index is 1.63. The van der Waals surface area contributed by atoms with E-state index >= 15 is 0 Å². The minimum atomic E-state index is -2.97. The maximum absolute atomic E-state index is 12.4. The van der Waals surface area contributed by atoms with E-state index in [-0.39, 0.29) is 12.2 Å². The first-order valence-corrected chi connectivity index (χ1v) is 8.04. The zero-order chi connectivity index (χ0) is 11.0. The normalized spacial score (nSPS) is 44.8. The van der Waals surface area contributed by atoms with Crippen LogP contribution in [0.2, 0.25) is 0 Å². The molecule has 2 atom stereocenters. The van der Waals surface area contributed by atoms with Crippen LogP contribution in [0.5, 0.6) is 0 Å². The average Bonchev–Trinajstić information content (AvgIpc) is 2.83. The molecule has 1 N–H and O–H groups in total. The van der Waals surface area contributed by atoms with Crippen LogP contribution in [-0.2, 0) is 13.6 Å². The second-order valence-corrected chi connectivity index (χ2v) is 6.85. The van der Waals surface area contributed by atoms with Gasteiger partial charge < -0.3 is 0 Å². The van der Waals surface area contributed by atoms with Gasteiger partial charge in [0.25, 0.3) is 0 Å². The zero-order valence-corrected chi connectivity index (χ0v) is 10.5. The van der Waals surface area contributed by atoms with Gasteiger partial charge in [0.1, 0.15) is 0 Å². The summed E-state index contributed by atoms with van der Waals surface area (Å²) < 4.78 is 23.7. The lowest BCUT2D eigenvalue weighted by molar-refractivity contribution is 0.110. The van der Waals surface area contributed by atoms with E-state index in [1.54, 1.807) is 0 Å². The summed E-state index contributed by atoms with van der Waals surface area (Å²) in [7, 11) is -2.97. The van der Waals surface area contributed by atoms with Crippen molar-refractivity contribution < 1.29 is 13.6 Å². The van der Waals surface area contributed by atoms with Gasteiger partial charge in [-0.25, -0.2) is 9.65 Å². The molecule has 0 spiro atoms. The second-order valence-electron chi connectivity index (χ2n) is 5.18. The van der Waals surface area contributed by atoms with Crippen LogP contribution in [0.15, 0.2) is 0 Å². The predicted octanol–water partition coefficient (Wildman–Crippen LogP) is 2.98. The van der Waals surface area contributed by atoms with Crippen LogP contribution in [-0.4, -0.2) is 18.2 Å². The molecule has 1 heterocycles. The fraction of sp³-hybridized carbons (Fsp3) is 1.00. The number of hydrogen-bond acceptors (Lipinski definition) is 3. The number of hydrogen-bond donors (Lipinski definition) is 1. The van der Waals surface area contributed by atoms with E-state index in [1.165, 1.54) is 25.7 Å². The van der Waals surface area contributed by atoms with Gasteiger partial charge in [-0.1, -0.05) is 25.7 Å². The first-order chi connectivity index (χ1) is 7.75. The van der Waals surface area contributed by atoms with Crippen molar-refractivity contribution in [1.29, 1.82) is 0 Å². The molecule has 2 aliphatic carbocycles. The summed E-state index contributed by atoms with van der Waals surface area (Å²) in [6, 6.07) is 0.339. The molecule has 1 aliphatic heterocycles. The number of rotatable bonds is 2. The quantitative estimate of drug-likeness (QED) is 0.760. The van der Waals surface area contributed by atoms with Crippen LogP contribution in [0, 0.1) is 0 Å². The topological polar surface area (TPSA) is 47.6 Å². The Morgan fingerprint density at radius 3 is 1.94 bits per heavy atom. The summed E-state index contributed by atoms with van der Waals surface area (Å²) in [5, 5.41) is 3.12. The van der Waals surface area contributed by atoms with Crippen LogP contribution in [0.1, 0.15) is 51.4 Å². The molecule has 0 amide bonds. The zero-order valence-electron chi connectivity index (χ0n) is 9.56. The molecule has 0 radical (unpaired) electrons. The minimum absolute atomic E-state index is 0.0773. The maximum Gasteiger partial charge on any atom is 0.406 e. The van der Waals surface area contributed by atoms with Crippen molar-refractivity contribution in [2.24, 2.45) is 0 Å². The summed E-state index contributed by atoms with van der Waals surface area (Å²) in [6.45, 7) is 0. The van der Waals surface area contributed by atoms with E-state index in [4.69, 9.17) is 9.05 Å². The third kappa shape index (κ3) is 2.21. The molecule has 3 rings (SSSR count). The highest BCUT2D eigenvalue weighted by atomic mass is 31.2. The second kappa shape index (κ2) is 4.41. The van der Waals surface area contributed by atoms with Gasteiger partial charge in [0.2, 0.25) is 0 Å². The molecule has 2 unspecified atom stereocenters. The molecule has 5 heteroatoms. The van der Waals surface area contributed by atoms with Crippen molar-refractivity contribution in [3.8, 4) is 0 Å². The average molecular weight is 245 g/mol. The van der Waals surface area contributed by atoms with Crippen molar-refractivity contribution >= 4 is 7.75 Å². The van der Waals surface area contributed by atoms with Gasteiger partial charge >= 0.3 is 7.75 Å². The molecule has 0 aromatic heterocycles. The van der Waals surface area contributed by atoms with E-state index in [0.29, 0.717) is 6.04 Å². The van der Waals surface area contributed by atoms with Crippen LogP contribution in [0.3, 0.4) is 0 Å². The van der Waals surface area contributed by atoms with Gasteiger partial charge in [-0.2, -0.15) is 0 Å². The van der Waals surface area contributed by atoms with E-state index in [9.17, 15) is 4.57 Å². The van der Waals surface area contributed by atoms with Gasteiger partial charge in [0.15, 0.2) is 0 Å². The van der Waals surface area contributed by atoms with Gasteiger partial charge in [-0.15, -0.1) is 0 Å². The van der Waals surface area contributed by atoms with E-state index in [1.807, 2.05) is 0 Å². The molecule has 16 heavy (non-hydrogen) atoms. The van der Waals surface area contributed by atoms with E-state index in [2.05, 4.69) is 5.09 Å². The van der Waals surface area contributed by atoms with Crippen molar-refractivity contribution in [3.63, 3.8) is 0 Å². The van der Waals surface area contributed by atoms with Crippen molar-refractivity contribution in [3.05, 3.63) is 0 Å². The summed E-state index contributed by atoms with van der Waals surface area (Å²) in [6.07, 6.45) is 9.17. The Morgan fingerprint density at radius 1 is 0.875 bits per heavy atom. The first-order valence-electron chi connectivity index (χ1n) is 6.50. The smallest absolute Gasteiger partial charge is 0.291 e. The Labute approximate surface area is 96.7 Å². The molecule has 0 aromatic carbocycles. The highest BCUT2D eigenvalue weighted by Crippen LogP contribution is 2.56. The minimum Gasteiger partial charge on any atom is -0.291 e. The van der Waals surface area contributed by atoms with Gasteiger partial charge in [-0.3, -0.25) is 9.05 Å². The lowest BCUT2D eigenvalue weighted by atomic mass is 9.95. The van der Waals surface area contributed by atoms with Crippen molar-refractivity contribution in [2.45, 2.75) is 69.6 Å². The number of fused-ring (bicyclic) bond motifs is 1. The van der Waals surface area contributed by atoms with Crippen molar-refractivity contribution in [1.82, 2.24) is 5.09 Å². The lowest BCUT2D eigenvalue weighted by Crippen LogP contribution is -2.25. The SMILES string of the molecule is O=P1(NC2CCCC2)OC2CCCCC2O1. The molecule has 2 saturated carbocycles. The van der Waals surface area contributed by atoms with E-state index in [0.717, 1.165) is 25.7 Å². The van der Waals surface area contributed by atoms with Crippen LogP contribution in [0.25, 0.3) is 0 Å². The molecular weight excluding hydrogens is 225 g/mol. The van der Waals surface area contributed by atoms with E-state index < -0.39 is 7.75 Å². The molecule has 0 aromatic rings. The highest BCUT2D eigenvalue weighted by molar-refractivity contribution is 7.51. The molecule has 3 fully saturated rings. The Bertz CT molecular complexity index is 286. The third-order valence-corrected chi connectivity index (χ3v) is 5.66. The Morgan fingerprint density at radius 2 is 1.38 bits per heavy atom. The largest absolute Gasteiger partial charge is 0.406 e. The molecule has 3 aliphatic rings. The maximum atomic E-state index is 12.4. The summed E-state index contributed by atoms with van der Waals surface area (Å²) in [5.41, 5.74) is 0. The number of nitrogens with one attached hydrogen (secondary N) is 1. The summed E-state index contributed by atoms with van der Waals surface area (Å²) in [4.78, 5) is 0. The van der Waals surface area contributed by atoms with Crippen LogP contribution < -0.4 is 5.09 Å². The van der Waals surface area contributed by atoms with Crippen molar-refractivity contribution in [2.75, 3.05) is 0 Å². The van der Waals surface area contributed by atoms with Gasteiger partial charge in [-0.05, 0) is 25.7 Å². The summed E-state index contributed by atoms with van der Waals surface area (Å²) in [5.74, 6) is 0. The standard InChI is InChI=1S/C11H20NO3P/c13-16(12-9-5-1-2-6-9)14-10-7-3-4-8-11(10)15-16/h9-11H,1-8H2,(H,12,13). The van der Waals surface area contributed by atoms with Gasteiger partial charge in [0.05, 0.1) is 12.2 Å². The fourth-order valence-electron chi connectivity index (χ4n) is 3.02. The van der Waals surface area contributed by atoms with Crippen LogP contribution in [0.4, 0.5) is 0 Å². The monoisotopic (exact) mass is 245 g/mol. The Hall–Kier alpha value is 0.110. The van der Waals surface area contributed by atoms with Gasteiger partial charge in [0, 0.05) is 6.04 Å². The molecule has 4 nitrogen and oxygen atoms in total. The Kier molecular flexibility index (Phi) is 3.09. The molecule has 92 valence electrons. The molecular formula is C11H20NO3P. The molecule has 1 saturated heterocycles. The predicted molar refractivity (Wildman–Crippen MR) is 61.2 cm³/mol. The summed E-state index contributed by atoms with van der Waals surface area (Å²) >= 11 is 0. The lowest BCUT2D eigenvalue weighted by Gasteiger charge is -2.20.